The molecule has 0 amide bonds. The first-order chi connectivity index (χ1) is 7.93. The highest BCUT2D eigenvalue weighted by Crippen LogP contribution is 2.42. The molecule has 1 aromatic carbocycles. The summed E-state index contributed by atoms with van der Waals surface area (Å²) < 4.78 is 0. The van der Waals surface area contributed by atoms with Crippen LogP contribution in [0.4, 0.5) is 5.82 Å². The van der Waals surface area contributed by atoms with Gasteiger partial charge in [0.05, 0.1) is 0 Å². The van der Waals surface area contributed by atoms with Crippen molar-refractivity contribution in [1.82, 2.24) is 4.98 Å². The van der Waals surface area contributed by atoms with Gasteiger partial charge in [-0.3, -0.25) is 0 Å². The van der Waals surface area contributed by atoms with Gasteiger partial charge in [0.25, 0.3) is 0 Å². The minimum atomic E-state index is 0.553. The summed E-state index contributed by atoms with van der Waals surface area (Å²) in [6.07, 6.45) is 3.03. The normalized spacial score (nSPS) is 22.8. The average molecular weight is 210 g/mol. The Labute approximate surface area is 95.3 Å². The van der Waals surface area contributed by atoms with E-state index in [1.165, 1.54) is 12.0 Å². The molecule has 2 heteroatoms. The van der Waals surface area contributed by atoms with Gasteiger partial charge in [0.2, 0.25) is 0 Å². The van der Waals surface area contributed by atoms with Crippen LogP contribution in [0.3, 0.4) is 0 Å². The first-order valence-corrected chi connectivity index (χ1v) is 5.66. The van der Waals surface area contributed by atoms with Gasteiger partial charge in [-0.25, -0.2) is 4.98 Å². The van der Waals surface area contributed by atoms with E-state index in [2.05, 4.69) is 40.6 Å². The number of nitrogens with one attached hydrogen (secondary N) is 1. The third-order valence-electron chi connectivity index (χ3n) is 3.02. The zero-order valence-corrected chi connectivity index (χ0v) is 9.01. The lowest BCUT2D eigenvalue weighted by Crippen LogP contribution is -2.05. The van der Waals surface area contributed by atoms with Gasteiger partial charge in [0.1, 0.15) is 5.82 Å². The lowest BCUT2D eigenvalue weighted by atomic mass is 10.1. The molecule has 16 heavy (non-hydrogen) atoms. The highest BCUT2D eigenvalue weighted by Gasteiger charge is 2.38. The van der Waals surface area contributed by atoms with Crippen molar-refractivity contribution in [3.05, 3.63) is 60.3 Å². The number of aromatic nitrogens is 1. The molecule has 1 heterocycles. The molecule has 3 rings (SSSR count). The molecule has 2 aromatic rings. The van der Waals surface area contributed by atoms with Gasteiger partial charge in [-0.1, -0.05) is 36.4 Å². The number of anilines is 1. The highest BCUT2D eigenvalue weighted by atomic mass is 15.0. The molecule has 1 aromatic heterocycles. The van der Waals surface area contributed by atoms with Gasteiger partial charge in [-0.2, -0.15) is 0 Å². The quantitative estimate of drug-likeness (QED) is 0.842. The molecule has 1 N–H and O–H groups in total. The fraction of sp³-hybridized carbons (Fsp3) is 0.214. The van der Waals surface area contributed by atoms with E-state index in [4.69, 9.17) is 0 Å². The first kappa shape index (κ1) is 9.40. The maximum Gasteiger partial charge on any atom is 0.126 e. The Morgan fingerprint density at radius 2 is 1.81 bits per heavy atom. The summed E-state index contributed by atoms with van der Waals surface area (Å²) in [6.45, 7) is 0. The maximum absolute atomic E-state index is 4.28. The van der Waals surface area contributed by atoms with Gasteiger partial charge in [0.15, 0.2) is 0 Å². The van der Waals surface area contributed by atoms with Crippen molar-refractivity contribution in [1.29, 1.82) is 0 Å². The van der Waals surface area contributed by atoms with E-state index < -0.39 is 0 Å². The van der Waals surface area contributed by atoms with Crippen molar-refractivity contribution in [3.8, 4) is 0 Å². The van der Waals surface area contributed by atoms with Crippen molar-refractivity contribution in [2.75, 3.05) is 5.32 Å². The summed E-state index contributed by atoms with van der Waals surface area (Å²) in [7, 11) is 0. The minimum absolute atomic E-state index is 0.553. The van der Waals surface area contributed by atoms with Gasteiger partial charge in [0, 0.05) is 18.2 Å². The molecule has 1 aliphatic rings. The molecule has 2 atom stereocenters. The second-order valence-electron chi connectivity index (χ2n) is 4.22. The highest BCUT2D eigenvalue weighted by molar-refractivity contribution is 5.41. The Kier molecular flexibility index (Phi) is 2.33. The number of hydrogen-bond donors (Lipinski definition) is 1. The zero-order chi connectivity index (χ0) is 10.8. The van der Waals surface area contributed by atoms with E-state index in [-0.39, 0.29) is 0 Å². The molecule has 0 spiro atoms. The van der Waals surface area contributed by atoms with Crippen LogP contribution in [-0.4, -0.2) is 11.0 Å². The Balaban J connectivity index is 1.65. The Hall–Kier alpha value is -1.83. The van der Waals surface area contributed by atoms with E-state index >= 15 is 0 Å². The summed E-state index contributed by atoms with van der Waals surface area (Å²) in [5.74, 6) is 1.63. The first-order valence-electron chi connectivity index (χ1n) is 5.66. The van der Waals surface area contributed by atoms with Crippen molar-refractivity contribution < 1.29 is 0 Å². The van der Waals surface area contributed by atoms with Crippen LogP contribution in [0.5, 0.6) is 0 Å². The van der Waals surface area contributed by atoms with E-state index in [1.54, 1.807) is 0 Å². The monoisotopic (exact) mass is 210 g/mol. The zero-order valence-electron chi connectivity index (χ0n) is 9.01. The third-order valence-corrected chi connectivity index (χ3v) is 3.02. The lowest BCUT2D eigenvalue weighted by Gasteiger charge is -2.04. The summed E-state index contributed by atoms with van der Waals surface area (Å²) in [5.41, 5.74) is 1.43. The largest absolute Gasteiger partial charge is 0.367 e. The number of pyridine rings is 1. The Morgan fingerprint density at radius 3 is 2.56 bits per heavy atom. The number of hydrogen-bond acceptors (Lipinski definition) is 2. The molecule has 1 aliphatic carbocycles. The standard InChI is InChI=1S/C14H14N2/c1-2-6-11(7-3-1)12-10-13(12)16-14-8-4-5-9-15-14/h1-9,12-13H,10H2,(H,15,16)/t12-,13+/m1/s1. The molecule has 2 nitrogen and oxygen atoms in total. The summed E-state index contributed by atoms with van der Waals surface area (Å²) >= 11 is 0. The van der Waals surface area contributed by atoms with Crippen LogP contribution >= 0.6 is 0 Å². The van der Waals surface area contributed by atoms with Crippen molar-refractivity contribution in [2.45, 2.75) is 18.4 Å². The number of nitrogens with zero attached hydrogens (tertiary/aromatic N) is 1. The molecule has 80 valence electrons. The SMILES string of the molecule is c1ccc([C@H]2C[C@@H]2Nc2ccccn2)cc1. The Morgan fingerprint density at radius 1 is 1.00 bits per heavy atom. The average Bonchev–Trinajstić information content (AvgIpc) is 3.11. The maximum atomic E-state index is 4.28. The smallest absolute Gasteiger partial charge is 0.126 e. The summed E-state index contributed by atoms with van der Waals surface area (Å²) in [5, 5.41) is 3.45. The molecule has 0 aliphatic heterocycles. The van der Waals surface area contributed by atoms with Crippen LogP contribution in [0.2, 0.25) is 0 Å². The lowest BCUT2D eigenvalue weighted by molar-refractivity contribution is 1.03. The van der Waals surface area contributed by atoms with E-state index in [0.29, 0.717) is 12.0 Å². The van der Waals surface area contributed by atoms with Gasteiger partial charge in [-0.15, -0.1) is 0 Å². The van der Waals surface area contributed by atoms with Crippen molar-refractivity contribution in [3.63, 3.8) is 0 Å². The Bertz CT molecular complexity index is 453. The van der Waals surface area contributed by atoms with Crippen LogP contribution in [0.1, 0.15) is 17.9 Å². The fourth-order valence-electron chi connectivity index (χ4n) is 2.06. The minimum Gasteiger partial charge on any atom is -0.367 e. The number of rotatable bonds is 3. The molecular formula is C14H14N2. The van der Waals surface area contributed by atoms with Gasteiger partial charge >= 0.3 is 0 Å². The molecule has 1 fully saturated rings. The second-order valence-corrected chi connectivity index (χ2v) is 4.22. The summed E-state index contributed by atoms with van der Waals surface area (Å²) in [4.78, 5) is 4.28. The van der Waals surface area contributed by atoms with E-state index in [0.717, 1.165) is 5.82 Å². The van der Waals surface area contributed by atoms with E-state index in [1.807, 2.05) is 24.4 Å². The van der Waals surface area contributed by atoms with Gasteiger partial charge in [-0.05, 0) is 24.1 Å². The third kappa shape index (κ3) is 1.91. The number of benzene rings is 1. The van der Waals surface area contributed by atoms with Crippen LogP contribution < -0.4 is 5.32 Å². The molecule has 0 radical (unpaired) electrons. The van der Waals surface area contributed by atoms with Crippen LogP contribution in [0.15, 0.2) is 54.7 Å². The topological polar surface area (TPSA) is 24.9 Å². The van der Waals surface area contributed by atoms with Gasteiger partial charge < -0.3 is 5.32 Å². The molecule has 1 saturated carbocycles. The summed E-state index contributed by atoms with van der Waals surface area (Å²) in [6, 6.07) is 17.2. The van der Waals surface area contributed by atoms with E-state index in [9.17, 15) is 0 Å². The predicted octanol–water partition coefficient (Wildman–Crippen LogP) is 3.05. The molecular weight excluding hydrogens is 196 g/mol. The molecule has 0 bridgehead atoms. The van der Waals surface area contributed by atoms with Crippen LogP contribution in [0, 0.1) is 0 Å². The van der Waals surface area contributed by atoms with Crippen LogP contribution in [-0.2, 0) is 0 Å². The molecule has 0 saturated heterocycles. The van der Waals surface area contributed by atoms with Crippen molar-refractivity contribution in [2.24, 2.45) is 0 Å². The predicted molar refractivity (Wildman–Crippen MR) is 65.4 cm³/mol. The molecule has 0 unspecified atom stereocenters. The fourth-order valence-corrected chi connectivity index (χ4v) is 2.06. The second kappa shape index (κ2) is 3.97. The van der Waals surface area contributed by atoms with Crippen LogP contribution in [0.25, 0.3) is 0 Å². The van der Waals surface area contributed by atoms with Crippen molar-refractivity contribution >= 4 is 5.82 Å².